The van der Waals surface area contributed by atoms with E-state index in [1.54, 1.807) is 29.7 Å². The third kappa shape index (κ3) is 3.88. The summed E-state index contributed by atoms with van der Waals surface area (Å²) in [7, 11) is 0. The number of non-ortho nitro benzene ring substituents is 1. The van der Waals surface area contributed by atoms with Crippen LogP contribution in [0.25, 0.3) is 5.65 Å². The van der Waals surface area contributed by atoms with Gasteiger partial charge in [-0.05, 0) is 47.1 Å². The summed E-state index contributed by atoms with van der Waals surface area (Å²) in [5.74, 6) is 0.00281. The van der Waals surface area contributed by atoms with Crippen molar-refractivity contribution in [3.63, 3.8) is 0 Å². The normalized spacial score (nSPS) is 10.8. The van der Waals surface area contributed by atoms with Crippen molar-refractivity contribution in [3.05, 3.63) is 68.6 Å². The number of halogens is 1. The molecule has 0 aliphatic carbocycles. The molecule has 134 valence electrons. The van der Waals surface area contributed by atoms with E-state index in [0.717, 1.165) is 9.37 Å². The lowest BCUT2D eigenvalue weighted by Crippen LogP contribution is -2.10. The number of benzene rings is 1. The zero-order chi connectivity index (χ0) is 18.7. The molecule has 0 radical (unpaired) electrons. The molecule has 2 aromatic heterocycles. The molecule has 3 aromatic rings. The van der Waals surface area contributed by atoms with Gasteiger partial charge in [0.15, 0.2) is 5.69 Å². The Labute approximate surface area is 161 Å². The fourth-order valence-corrected chi connectivity index (χ4v) is 3.57. The lowest BCUT2D eigenvalue weighted by atomic mass is 10.3. The van der Waals surface area contributed by atoms with E-state index in [0.29, 0.717) is 22.8 Å². The Bertz CT molecular complexity index is 972. The summed E-state index contributed by atoms with van der Waals surface area (Å²) in [6, 6.07) is 9.93. The van der Waals surface area contributed by atoms with Crippen LogP contribution in [0.4, 0.5) is 5.69 Å². The topological polar surface area (TPSA) is 86.7 Å². The van der Waals surface area contributed by atoms with Gasteiger partial charge in [0.1, 0.15) is 5.65 Å². The smallest absolute Gasteiger partial charge is 0.357 e. The molecular weight excluding hydrogens is 422 g/mol. The first-order valence-electron chi connectivity index (χ1n) is 7.70. The average molecular weight is 436 g/mol. The lowest BCUT2D eigenvalue weighted by molar-refractivity contribution is -0.384. The van der Waals surface area contributed by atoms with E-state index >= 15 is 0 Å². The Morgan fingerprint density at radius 1 is 1.31 bits per heavy atom. The largest absolute Gasteiger partial charge is 0.461 e. The zero-order valence-electron chi connectivity index (χ0n) is 13.7. The van der Waals surface area contributed by atoms with Crippen LogP contribution >= 0.6 is 27.7 Å². The molecule has 1 aromatic carbocycles. The number of thioether (sulfide) groups is 1. The van der Waals surface area contributed by atoms with Crippen molar-refractivity contribution >= 4 is 45.0 Å². The van der Waals surface area contributed by atoms with Crippen LogP contribution in [-0.2, 0) is 10.5 Å². The number of hydrogen-bond donors (Lipinski definition) is 0. The summed E-state index contributed by atoms with van der Waals surface area (Å²) >= 11 is 4.84. The van der Waals surface area contributed by atoms with Gasteiger partial charge in [-0.1, -0.05) is 0 Å². The van der Waals surface area contributed by atoms with Crippen LogP contribution in [0.3, 0.4) is 0 Å². The van der Waals surface area contributed by atoms with Crippen LogP contribution in [0.2, 0.25) is 0 Å². The minimum Gasteiger partial charge on any atom is -0.461 e. The fraction of sp³-hybridized carbons (Fsp3) is 0.176. The fourth-order valence-electron chi connectivity index (χ4n) is 2.40. The highest BCUT2D eigenvalue weighted by Gasteiger charge is 2.21. The second-order valence-electron chi connectivity index (χ2n) is 5.24. The van der Waals surface area contributed by atoms with Crippen molar-refractivity contribution in [2.24, 2.45) is 0 Å². The number of esters is 1. The number of hydrogen-bond acceptors (Lipinski definition) is 6. The molecule has 7 nitrogen and oxygen atoms in total. The number of imidazole rings is 1. The highest BCUT2D eigenvalue weighted by molar-refractivity contribution is 9.10. The van der Waals surface area contributed by atoms with Gasteiger partial charge in [0.05, 0.1) is 17.2 Å². The first-order chi connectivity index (χ1) is 12.5. The number of carbonyl (C=O) groups is 1. The van der Waals surface area contributed by atoms with Gasteiger partial charge in [-0.2, -0.15) is 0 Å². The number of pyridine rings is 1. The summed E-state index contributed by atoms with van der Waals surface area (Å²) in [6.45, 7) is 2.03. The molecule has 0 aliphatic heterocycles. The van der Waals surface area contributed by atoms with Gasteiger partial charge >= 0.3 is 5.97 Å². The molecule has 0 aliphatic rings. The summed E-state index contributed by atoms with van der Waals surface area (Å²) in [5.41, 5.74) is 1.68. The Morgan fingerprint density at radius 3 is 2.69 bits per heavy atom. The van der Waals surface area contributed by atoms with Crippen LogP contribution in [-0.4, -0.2) is 26.9 Å². The molecule has 0 unspecified atom stereocenters. The number of aromatic nitrogens is 2. The van der Waals surface area contributed by atoms with Crippen molar-refractivity contribution in [2.45, 2.75) is 17.6 Å². The number of nitro groups is 1. The van der Waals surface area contributed by atoms with E-state index in [1.165, 1.54) is 23.9 Å². The SMILES string of the molecule is CCOC(=O)c1c(CSc2ccc([N+](=O)[O-])cc2)nc2ccc(Br)cn12. The van der Waals surface area contributed by atoms with Crippen molar-refractivity contribution in [1.29, 1.82) is 0 Å². The van der Waals surface area contributed by atoms with Crippen LogP contribution in [0, 0.1) is 10.1 Å². The number of nitrogens with zero attached hydrogens (tertiary/aromatic N) is 3. The van der Waals surface area contributed by atoms with E-state index in [1.807, 2.05) is 12.1 Å². The highest BCUT2D eigenvalue weighted by Crippen LogP contribution is 2.27. The first kappa shape index (κ1) is 18.4. The second-order valence-corrected chi connectivity index (χ2v) is 7.21. The molecule has 0 saturated carbocycles. The van der Waals surface area contributed by atoms with Crippen molar-refractivity contribution < 1.29 is 14.5 Å². The summed E-state index contributed by atoms with van der Waals surface area (Å²) < 4.78 is 7.69. The molecule has 0 bridgehead atoms. The van der Waals surface area contributed by atoms with Gasteiger partial charge in [-0.15, -0.1) is 11.8 Å². The predicted molar refractivity (Wildman–Crippen MR) is 102 cm³/mol. The van der Waals surface area contributed by atoms with E-state index in [9.17, 15) is 14.9 Å². The second kappa shape index (κ2) is 7.88. The molecule has 0 amide bonds. The molecule has 2 heterocycles. The molecule has 0 N–H and O–H groups in total. The van der Waals surface area contributed by atoms with E-state index < -0.39 is 10.9 Å². The Balaban J connectivity index is 1.90. The summed E-state index contributed by atoms with van der Waals surface area (Å²) in [4.78, 5) is 28.1. The van der Waals surface area contributed by atoms with E-state index in [2.05, 4.69) is 20.9 Å². The average Bonchev–Trinajstić information content (AvgIpc) is 2.98. The van der Waals surface area contributed by atoms with Crippen molar-refractivity contribution in [1.82, 2.24) is 9.38 Å². The van der Waals surface area contributed by atoms with Gasteiger partial charge in [-0.25, -0.2) is 9.78 Å². The van der Waals surface area contributed by atoms with Gasteiger partial charge in [0, 0.05) is 33.5 Å². The molecule has 9 heteroatoms. The molecule has 0 fully saturated rings. The highest BCUT2D eigenvalue weighted by atomic mass is 79.9. The maximum absolute atomic E-state index is 12.4. The molecule has 26 heavy (non-hydrogen) atoms. The minimum atomic E-state index is -0.437. The van der Waals surface area contributed by atoms with Gasteiger partial charge in [0.2, 0.25) is 0 Å². The Hall–Kier alpha value is -2.39. The molecule has 3 rings (SSSR count). The van der Waals surface area contributed by atoms with Crippen molar-refractivity contribution in [2.75, 3.05) is 6.61 Å². The van der Waals surface area contributed by atoms with E-state index in [-0.39, 0.29) is 12.3 Å². The number of fused-ring (bicyclic) bond motifs is 1. The zero-order valence-corrected chi connectivity index (χ0v) is 16.1. The van der Waals surface area contributed by atoms with Crippen LogP contribution in [0.5, 0.6) is 0 Å². The Kier molecular flexibility index (Phi) is 5.58. The number of ether oxygens (including phenoxy) is 1. The first-order valence-corrected chi connectivity index (χ1v) is 9.48. The third-order valence-electron chi connectivity index (χ3n) is 3.55. The molecule has 0 spiro atoms. The summed E-state index contributed by atoms with van der Waals surface area (Å²) in [6.07, 6.45) is 1.77. The molecule has 0 saturated heterocycles. The number of rotatable bonds is 6. The van der Waals surface area contributed by atoms with Crippen LogP contribution in [0.15, 0.2) is 52.0 Å². The monoisotopic (exact) mass is 435 g/mol. The minimum absolute atomic E-state index is 0.0409. The van der Waals surface area contributed by atoms with Gasteiger partial charge in [-0.3, -0.25) is 14.5 Å². The summed E-state index contributed by atoms with van der Waals surface area (Å²) in [5, 5.41) is 10.7. The predicted octanol–water partition coefficient (Wildman–Crippen LogP) is 4.47. The van der Waals surface area contributed by atoms with Crippen LogP contribution in [0.1, 0.15) is 23.1 Å². The lowest BCUT2D eigenvalue weighted by Gasteiger charge is -2.05. The van der Waals surface area contributed by atoms with E-state index in [4.69, 9.17) is 4.74 Å². The number of nitro benzene ring substituents is 1. The van der Waals surface area contributed by atoms with Crippen LogP contribution < -0.4 is 0 Å². The quantitative estimate of drug-likeness (QED) is 0.245. The van der Waals surface area contributed by atoms with Gasteiger partial charge < -0.3 is 4.74 Å². The Morgan fingerprint density at radius 2 is 2.04 bits per heavy atom. The maximum atomic E-state index is 12.4. The number of carbonyl (C=O) groups excluding carboxylic acids is 1. The van der Waals surface area contributed by atoms with Crippen molar-refractivity contribution in [3.8, 4) is 0 Å². The third-order valence-corrected chi connectivity index (χ3v) is 5.04. The standard InChI is InChI=1S/C17H14BrN3O4S/c1-2-25-17(22)16-14(19-15-8-3-11(18)9-20(15)16)10-26-13-6-4-12(5-7-13)21(23)24/h3-9H,2,10H2,1H3. The van der Waals surface area contributed by atoms with Gasteiger partial charge in [0.25, 0.3) is 5.69 Å². The molecular formula is C17H14BrN3O4S. The molecule has 0 atom stereocenters. The maximum Gasteiger partial charge on any atom is 0.357 e.